The fraction of sp³-hybridized carbons (Fsp3) is 0.909. The first-order chi connectivity index (χ1) is 6.38. The number of amides is 1. The molecule has 0 radical (unpaired) electrons. The van der Waals surface area contributed by atoms with Crippen LogP contribution in [0.4, 0.5) is 0 Å². The van der Waals surface area contributed by atoms with Gasteiger partial charge in [0.05, 0.1) is 6.54 Å². The van der Waals surface area contributed by atoms with Gasteiger partial charge in [-0.3, -0.25) is 4.79 Å². The normalized spacial score (nSPS) is 16.9. The van der Waals surface area contributed by atoms with E-state index in [2.05, 4.69) is 26.1 Å². The summed E-state index contributed by atoms with van der Waals surface area (Å²) in [6.07, 6.45) is 2.59. The minimum Gasteiger partial charge on any atom is -0.344 e. The molecule has 0 aromatic rings. The van der Waals surface area contributed by atoms with Gasteiger partial charge in [0.2, 0.25) is 5.91 Å². The van der Waals surface area contributed by atoms with Crippen LogP contribution >= 0.6 is 0 Å². The van der Waals surface area contributed by atoms with Crippen molar-refractivity contribution in [3.63, 3.8) is 0 Å². The topological polar surface area (TPSA) is 32.3 Å². The molecule has 3 nitrogen and oxygen atoms in total. The van der Waals surface area contributed by atoms with E-state index in [9.17, 15) is 4.79 Å². The second-order valence-corrected chi connectivity index (χ2v) is 5.32. The van der Waals surface area contributed by atoms with Crippen LogP contribution in [0.3, 0.4) is 0 Å². The van der Waals surface area contributed by atoms with Gasteiger partial charge in [-0.1, -0.05) is 0 Å². The standard InChI is InChI=1S/C11H22N2O/c1-11(2,3)12-7-10(14)13(4)8-9-5-6-9/h9,12H,5-8H2,1-4H3. The van der Waals surface area contributed by atoms with E-state index in [1.165, 1.54) is 12.8 Å². The highest BCUT2D eigenvalue weighted by Gasteiger charge is 2.24. The highest BCUT2D eigenvalue weighted by molar-refractivity contribution is 5.78. The van der Waals surface area contributed by atoms with Gasteiger partial charge in [-0.15, -0.1) is 0 Å². The Morgan fingerprint density at radius 1 is 1.43 bits per heavy atom. The predicted octanol–water partition coefficient (Wildman–Crippen LogP) is 1.24. The molecule has 1 aliphatic rings. The number of rotatable bonds is 4. The third kappa shape index (κ3) is 4.61. The zero-order valence-electron chi connectivity index (χ0n) is 9.76. The average molecular weight is 198 g/mol. The third-order valence-electron chi connectivity index (χ3n) is 2.42. The van der Waals surface area contributed by atoms with Gasteiger partial charge in [-0.25, -0.2) is 0 Å². The molecule has 1 fully saturated rings. The van der Waals surface area contributed by atoms with E-state index < -0.39 is 0 Å². The van der Waals surface area contributed by atoms with Crippen LogP contribution in [-0.4, -0.2) is 36.5 Å². The fourth-order valence-electron chi connectivity index (χ4n) is 1.27. The Hall–Kier alpha value is -0.570. The van der Waals surface area contributed by atoms with E-state index in [0.717, 1.165) is 12.5 Å². The summed E-state index contributed by atoms with van der Waals surface area (Å²) in [5.41, 5.74) is 0.0239. The summed E-state index contributed by atoms with van der Waals surface area (Å²) in [6, 6.07) is 0. The van der Waals surface area contributed by atoms with E-state index in [1.54, 1.807) is 0 Å². The summed E-state index contributed by atoms with van der Waals surface area (Å²) in [7, 11) is 1.89. The maximum Gasteiger partial charge on any atom is 0.236 e. The van der Waals surface area contributed by atoms with Crippen LogP contribution in [-0.2, 0) is 4.79 Å². The number of carbonyl (C=O) groups is 1. The summed E-state index contributed by atoms with van der Waals surface area (Å²) in [5, 5.41) is 3.20. The fourth-order valence-corrected chi connectivity index (χ4v) is 1.27. The van der Waals surface area contributed by atoms with Crippen molar-refractivity contribution in [2.45, 2.75) is 39.2 Å². The second kappa shape index (κ2) is 4.30. The van der Waals surface area contributed by atoms with Crippen LogP contribution in [0, 0.1) is 5.92 Å². The molecule has 3 heteroatoms. The summed E-state index contributed by atoms with van der Waals surface area (Å²) < 4.78 is 0. The molecule has 0 unspecified atom stereocenters. The largest absolute Gasteiger partial charge is 0.344 e. The average Bonchev–Trinajstić information content (AvgIpc) is 2.82. The van der Waals surface area contributed by atoms with E-state index in [4.69, 9.17) is 0 Å². The minimum atomic E-state index is 0.0239. The van der Waals surface area contributed by atoms with Crippen molar-refractivity contribution < 1.29 is 4.79 Å². The molecule has 0 heterocycles. The molecule has 1 N–H and O–H groups in total. The first-order valence-corrected chi connectivity index (χ1v) is 5.37. The van der Waals surface area contributed by atoms with Gasteiger partial charge in [0, 0.05) is 19.1 Å². The summed E-state index contributed by atoms with van der Waals surface area (Å²) in [5.74, 6) is 0.977. The molecule has 1 rings (SSSR count). The van der Waals surface area contributed by atoms with Gasteiger partial charge < -0.3 is 10.2 Å². The molecule has 1 saturated carbocycles. The lowest BCUT2D eigenvalue weighted by atomic mass is 10.1. The van der Waals surface area contributed by atoms with Gasteiger partial charge in [-0.05, 0) is 39.5 Å². The molecule has 0 aromatic heterocycles. The Bertz CT molecular complexity index is 204. The van der Waals surface area contributed by atoms with E-state index in [1.807, 2.05) is 11.9 Å². The number of nitrogens with one attached hydrogen (secondary N) is 1. The van der Waals surface area contributed by atoms with Crippen LogP contribution in [0.25, 0.3) is 0 Å². The first-order valence-electron chi connectivity index (χ1n) is 5.37. The zero-order valence-corrected chi connectivity index (χ0v) is 9.76. The van der Waals surface area contributed by atoms with E-state index in [0.29, 0.717) is 6.54 Å². The molecule has 0 spiro atoms. The highest BCUT2D eigenvalue weighted by Crippen LogP contribution is 2.29. The van der Waals surface area contributed by atoms with Crippen LogP contribution in [0.15, 0.2) is 0 Å². The van der Waals surface area contributed by atoms with Crippen molar-refractivity contribution in [3.8, 4) is 0 Å². The molecule has 0 aliphatic heterocycles. The molecule has 0 aromatic carbocycles. The molecule has 0 bridgehead atoms. The molecule has 1 aliphatic carbocycles. The van der Waals surface area contributed by atoms with E-state index >= 15 is 0 Å². The van der Waals surface area contributed by atoms with Crippen LogP contribution in [0.2, 0.25) is 0 Å². The Morgan fingerprint density at radius 3 is 2.43 bits per heavy atom. The maximum absolute atomic E-state index is 11.6. The summed E-state index contributed by atoms with van der Waals surface area (Å²) >= 11 is 0. The Balaban J connectivity index is 2.19. The number of likely N-dealkylation sites (N-methyl/N-ethyl adjacent to an activating group) is 1. The second-order valence-electron chi connectivity index (χ2n) is 5.32. The van der Waals surface area contributed by atoms with Crippen LogP contribution < -0.4 is 5.32 Å². The Morgan fingerprint density at radius 2 is 2.00 bits per heavy atom. The van der Waals surface area contributed by atoms with E-state index in [-0.39, 0.29) is 11.4 Å². The molecular formula is C11H22N2O. The molecule has 1 amide bonds. The van der Waals surface area contributed by atoms with Crippen molar-refractivity contribution in [2.24, 2.45) is 5.92 Å². The number of hydrogen-bond donors (Lipinski definition) is 1. The SMILES string of the molecule is CN(CC1CC1)C(=O)CNC(C)(C)C. The Labute approximate surface area is 86.9 Å². The number of nitrogens with zero attached hydrogens (tertiary/aromatic N) is 1. The van der Waals surface area contributed by atoms with Crippen molar-refractivity contribution in [3.05, 3.63) is 0 Å². The molecule has 14 heavy (non-hydrogen) atoms. The molecule has 0 atom stereocenters. The van der Waals surface area contributed by atoms with Gasteiger partial charge in [-0.2, -0.15) is 0 Å². The van der Waals surface area contributed by atoms with Crippen molar-refractivity contribution in [2.75, 3.05) is 20.1 Å². The maximum atomic E-state index is 11.6. The lowest BCUT2D eigenvalue weighted by Crippen LogP contribution is -2.44. The van der Waals surface area contributed by atoms with Gasteiger partial charge in [0.15, 0.2) is 0 Å². The van der Waals surface area contributed by atoms with Gasteiger partial charge in [0.1, 0.15) is 0 Å². The zero-order chi connectivity index (χ0) is 10.8. The molecule has 82 valence electrons. The van der Waals surface area contributed by atoms with Gasteiger partial charge in [0.25, 0.3) is 0 Å². The molecule has 0 saturated heterocycles. The third-order valence-corrected chi connectivity index (χ3v) is 2.42. The lowest BCUT2D eigenvalue weighted by molar-refractivity contribution is -0.129. The number of carbonyl (C=O) groups excluding carboxylic acids is 1. The smallest absolute Gasteiger partial charge is 0.236 e. The predicted molar refractivity (Wildman–Crippen MR) is 58.1 cm³/mol. The number of hydrogen-bond acceptors (Lipinski definition) is 2. The van der Waals surface area contributed by atoms with Crippen LogP contribution in [0.5, 0.6) is 0 Å². The van der Waals surface area contributed by atoms with Crippen molar-refractivity contribution in [1.29, 1.82) is 0 Å². The minimum absolute atomic E-state index is 0.0239. The quantitative estimate of drug-likeness (QED) is 0.737. The monoisotopic (exact) mass is 198 g/mol. The summed E-state index contributed by atoms with van der Waals surface area (Å²) in [4.78, 5) is 13.5. The highest BCUT2D eigenvalue weighted by atomic mass is 16.2. The van der Waals surface area contributed by atoms with Crippen molar-refractivity contribution >= 4 is 5.91 Å². The van der Waals surface area contributed by atoms with Gasteiger partial charge >= 0.3 is 0 Å². The first kappa shape index (κ1) is 11.5. The van der Waals surface area contributed by atoms with Crippen molar-refractivity contribution in [1.82, 2.24) is 10.2 Å². The lowest BCUT2D eigenvalue weighted by Gasteiger charge is -2.23. The van der Waals surface area contributed by atoms with Crippen LogP contribution in [0.1, 0.15) is 33.6 Å². The summed E-state index contributed by atoms with van der Waals surface area (Å²) in [6.45, 7) is 7.60. The molecular weight excluding hydrogens is 176 g/mol. The Kier molecular flexibility index (Phi) is 3.53.